The number of terminal acetylenes is 1. The van der Waals surface area contributed by atoms with Crippen LogP contribution >= 0.6 is 0 Å². The van der Waals surface area contributed by atoms with Gasteiger partial charge in [0.15, 0.2) is 23.8 Å². The molecular weight excluding hydrogens is 468 g/mol. The van der Waals surface area contributed by atoms with E-state index in [0.717, 1.165) is 6.92 Å². The SMILES string of the molecule is C#CCOC(=O)Cc1ccc2c(c1O)C(=O)C1=C(O)[C@]3(O)C(=O)C(C(C)=O)=C(O)C[C@]3(C)C[C@]1(C)C2. The van der Waals surface area contributed by atoms with Crippen molar-refractivity contribution in [3.05, 3.63) is 51.5 Å². The second kappa shape index (κ2) is 8.07. The predicted molar refractivity (Wildman–Crippen MR) is 125 cm³/mol. The van der Waals surface area contributed by atoms with Crippen molar-refractivity contribution in [2.24, 2.45) is 10.8 Å². The van der Waals surface area contributed by atoms with Gasteiger partial charge < -0.3 is 25.2 Å². The fourth-order valence-corrected chi connectivity index (χ4v) is 6.16. The van der Waals surface area contributed by atoms with Crippen LogP contribution in [0.2, 0.25) is 0 Å². The Balaban J connectivity index is 1.87. The number of aliphatic hydroxyl groups is 3. The lowest BCUT2D eigenvalue weighted by atomic mass is 9.48. The van der Waals surface area contributed by atoms with E-state index in [2.05, 4.69) is 5.92 Å². The van der Waals surface area contributed by atoms with Gasteiger partial charge >= 0.3 is 5.97 Å². The van der Waals surface area contributed by atoms with E-state index in [1.807, 2.05) is 0 Å². The fourth-order valence-electron chi connectivity index (χ4n) is 6.16. The van der Waals surface area contributed by atoms with Gasteiger partial charge in [-0.25, -0.2) is 0 Å². The van der Waals surface area contributed by atoms with Gasteiger partial charge in [-0.05, 0) is 25.3 Å². The first-order chi connectivity index (χ1) is 16.7. The van der Waals surface area contributed by atoms with E-state index in [1.165, 1.54) is 13.0 Å². The zero-order valence-electron chi connectivity index (χ0n) is 20.1. The molecular formula is C27H26O9. The van der Waals surface area contributed by atoms with Crippen LogP contribution in [0.25, 0.3) is 0 Å². The molecule has 36 heavy (non-hydrogen) atoms. The van der Waals surface area contributed by atoms with Crippen LogP contribution in [0, 0.1) is 23.2 Å². The van der Waals surface area contributed by atoms with Gasteiger partial charge in [-0.15, -0.1) is 6.42 Å². The maximum atomic E-state index is 13.7. The number of aromatic hydroxyl groups is 1. The third-order valence-corrected chi connectivity index (χ3v) is 7.62. The third-order valence-electron chi connectivity index (χ3n) is 7.62. The van der Waals surface area contributed by atoms with E-state index in [0.29, 0.717) is 5.56 Å². The van der Waals surface area contributed by atoms with E-state index in [9.17, 15) is 39.6 Å². The highest BCUT2D eigenvalue weighted by molar-refractivity contribution is 6.25. The van der Waals surface area contributed by atoms with Gasteiger partial charge in [0.25, 0.3) is 0 Å². The summed E-state index contributed by atoms with van der Waals surface area (Å²) >= 11 is 0. The molecule has 3 aliphatic carbocycles. The molecule has 188 valence electrons. The molecule has 0 aromatic heterocycles. The van der Waals surface area contributed by atoms with E-state index < -0.39 is 62.6 Å². The largest absolute Gasteiger partial charge is 0.511 e. The Morgan fingerprint density at radius 2 is 1.81 bits per heavy atom. The van der Waals surface area contributed by atoms with Crippen LogP contribution in [-0.4, -0.2) is 56.0 Å². The van der Waals surface area contributed by atoms with Crippen LogP contribution in [0.4, 0.5) is 0 Å². The number of ketones is 3. The summed E-state index contributed by atoms with van der Waals surface area (Å²) in [5.74, 6) is -3.17. The molecule has 9 heteroatoms. The fraction of sp³-hybridized carbons (Fsp3) is 0.407. The van der Waals surface area contributed by atoms with Crippen LogP contribution in [-0.2, 0) is 32.0 Å². The van der Waals surface area contributed by atoms with Gasteiger partial charge in [0.1, 0.15) is 22.8 Å². The Bertz CT molecular complexity index is 1360. The van der Waals surface area contributed by atoms with Crippen LogP contribution in [0.1, 0.15) is 55.1 Å². The van der Waals surface area contributed by atoms with Gasteiger partial charge in [-0.3, -0.25) is 19.2 Å². The number of aliphatic hydroxyl groups excluding tert-OH is 2. The van der Waals surface area contributed by atoms with Crippen molar-refractivity contribution in [2.75, 3.05) is 6.61 Å². The maximum Gasteiger partial charge on any atom is 0.311 e. The van der Waals surface area contributed by atoms with Crippen molar-refractivity contribution in [3.63, 3.8) is 0 Å². The summed E-state index contributed by atoms with van der Waals surface area (Å²) in [6.45, 7) is 4.01. The molecule has 4 N–H and O–H groups in total. The average molecular weight is 494 g/mol. The smallest absolute Gasteiger partial charge is 0.311 e. The monoisotopic (exact) mass is 494 g/mol. The van der Waals surface area contributed by atoms with Crippen molar-refractivity contribution in [1.82, 2.24) is 0 Å². The van der Waals surface area contributed by atoms with E-state index in [4.69, 9.17) is 11.2 Å². The molecule has 0 amide bonds. The summed E-state index contributed by atoms with van der Waals surface area (Å²) in [6, 6.07) is 3.09. The number of hydrogen-bond donors (Lipinski definition) is 4. The number of benzene rings is 1. The molecule has 0 fully saturated rings. The number of rotatable bonds is 4. The first-order valence-corrected chi connectivity index (χ1v) is 11.3. The molecule has 9 nitrogen and oxygen atoms in total. The van der Waals surface area contributed by atoms with Crippen molar-refractivity contribution in [3.8, 4) is 18.1 Å². The summed E-state index contributed by atoms with van der Waals surface area (Å²) in [6.07, 6.45) is 4.63. The maximum absolute atomic E-state index is 13.7. The summed E-state index contributed by atoms with van der Waals surface area (Å²) in [7, 11) is 0. The topological polar surface area (TPSA) is 158 Å². The molecule has 1 aromatic rings. The Labute approximate surface area is 207 Å². The predicted octanol–water partition coefficient (Wildman–Crippen LogP) is 2.18. The Morgan fingerprint density at radius 3 is 2.42 bits per heavy atom. The van der Waals surface area contributed by atoms with E-state index in [1.54, 1.807) is 13.0 Å². The highest BCUT2D eigenvalue weighted by Crippen LogP contribution is 2.62. The summed E-state index contributed by atoms with van der Waals surface area (Å²) < 4.78 is 4.83. The molecule has 4 rings (SSSR count). The van der Waals surface area contributed by atoms with Crippen LogP contribution in [0.15, 0.2) is 34.8 Å². The minimum absolute atomic E-state index is 0.0169. The lowest BCUT2D eigenvalue weighted by Crippen LogP contribution is -2.63. The Kier molecular flexibility index (Phi) is 5.65. The van der Waals surface area contributed by atoms with Crippen molar-refractivity contribution >= 4 is 23.3 Å². The molecule has 0 unspecified atom stereocenters. The summed E-state index contributed by atoms with van der Waals surface area (Å²) in [5.41, 5.74) is -5.59. The molecule has 0 heterocycles. The zero-order valence-corrected chi connectivity index (χ0v) is 20.1. The van der Waals surface area contributed by atoms with Gasteiger partial charge in [0.05, 0.1) is 12.0 Å². The molecule has 1 aromatic carbocycles. The molecule has 0 saturated carbocycles. The van der Waals surface area contributed by atoms with E-state index >= 15 is 0 Å². The lowest BCUT2D eigenvalue weighted by molar-refractivity contribution is -0.159. The molecule has 0 aliphatic heterocycles. The van der Waals surface area contributed by atoms with Crippen LogP contribution < -0.4 is 0 Å². The number of phenols is 1. The molecule has 3 atom stereocenters. The number of fused-ring (bicyclic) bond motifs is 3. The zero-order chi connectivity index (χ0) is 26.8. The van der Waals surface area contributed by atoms with Crippen LogP contribution in [0.3, 0.4) is 0 Å². The van der Waals surface area contributed by atoms with Gasteiger partial charge in [0.2, 0.25) is 5.78 Å². The number of Topliss-reactive ketones (excluding diaryl/α,β-unsaturated/α-hetero) is 3. The first kappa shape index (κ1) is 25.2. The molecule has 0 spiro atoms. The lowest BCUT2D eigenvalue weighted by Gasteiger charge is -2.55. The minimum Gasteiger partial charge on any atom is -0.511 e. The number of ether oxygens (including phenoxy) is 1. The summed E-state index contributed by atoms with van der Waals surface area (Å²) in [5, 5.41) is 44.3. The Hall–Kier alpha value is -3.90. The molecule has 3 aliphatic rings. The highest BCUT2D eigenvalue weighted by Gasteiger charge is 2.67. The molecule has 0 bridgehead atoms. The number of allylic oxidation sites excluding steroid dienone is 2. The molecule has 0 saturated heterocycles. The minimum atomic E-state index is -2.63. The van der Waals surface area contributed by atoms with Crippen molar-refractivity contribution < 1.29 is 44.3 Å². The third kappa shape index (κ3) is 3.28. The molecule has 0 radical (unpaired) electrons. The second-order valence-electron chi connectivity index (χ2n) is 10.3. The standard InChI is InChI=1S/C27H26O9/c1-5-8-36-17(30)9-14-6-7-15-10-25(3)12-26(4)11-16(29)18(13(2)28)23(33)27(26,35)24(34)20(25)22(32)19(15)21(14)31/h1,6-7,29,31,34-35H,8-12H2,2-4H3/t25-,26+,27+/m0/s1. The number of hydrogen-bond acceptors (Lipinski definition) is 9. The van der Waals surface area contributed by atoms with Gasteiger partial charge in [-0.2, -0.15) is 0 Å². The van der Waals surface area contributed by atoms with E-state index in [-0.39, 0.29) is 49.0 Å². The van der Waals surface area contributed by atoms with Gasteiger partial charge in [0, 0.05) is 28.4 Å². The van der Waals surface area contributed by atoms with Gasteiger partial charge in [-0.1, -0.05) is 31.9 Å². The summed E-state index contributed by atoms with van der Waals surface area (Å²) in [4.78, 5) is 51.1. The number of esters is 1. The average Bonchev–Trinajstić information content (AvgIpc) is 2.76. The normalized spacial score (nSPS) is 29.2. The highest BCUT2D eigenvalue weighted by atomic mass is 16.5. The second-order valence-corrected chi connectivity index (χ2v) is 10.3. The van der Waals surface area contributed by atoms with Crippen molar-refractivity contribution in [2.45, 2.75) is 52.1 Å². The van der Waals surface area contributed by atoms with Crippen molar-refractivity contribution in [1.29, 1.82) is 0 Å². The quantitative estimate of drug-likeness (QED) is 0.280. The number of phenolic OH excluding ortho intramolecular Hbond substituents is 1. The first-order valence-electron chi connectivity index (χ1n) is 11.3. The number of carbonyl (C=O) groups excluding carboxylic acids is 4. The Morgan fingerprint density at radius 1 is 1.14 bits per heavy atom. The number of carbonyl (C=O) groups is 4. The van der Waals surface area contributed by atoms with Crippen LogP contribution in [0.5, 0.6) is 5.75 Å².